The van der Waals surface area contributed by atoms with Crippen molar-refractivity contribution in [2.75, 3.05) is 0 Å². The van der Waals surface area contributed by atoms with Crippen molar-refractivity contribution in [3.63, 3.8) is 0 Å². The molecule has 0 spiro atoms. The monoisotopic (exact) mass is 336 g/mol. The number of carboxylic acids is 1. The van der Waals surface area contributed by atoms with Crippen molar-refractivity contribution >= 4 is 5.97 Å². The molecule has 2 heteroatoms. The van der Waals surface area contributed by atoms with Gasteiger partial charge >= 0.3 is 5.97 Å². The van der Waals surface area contributed by atoms with E-state index in [4.69, 9.17) is 5.11 Å². The third-order valence-electron chi connectivity index (χ3n) is 5.73. The molecule has 0 unspecified atom stereocenters. The SMILES string of the molecule is CCCC(C)(C)CCC=C[C@H]1CCC[C@@H]1CCCCCCC(=O)O. The quantitative estimate of drug-likeness (QED) is 0.290. The molecule has 140 valence electrons. The van der Waals surface area contributed by atoms with Crippen LogP contribution in [0.25, 0.3) is 0 Å². The number of carboxylic acid groups (broad SMARTS) is 1. The zero-order chi connectivity index (χ0) is 17.8. The molecule has 1 fully saturated rings. The summed E-state index contributed by atoms with van der Waals surface area (Å²) in [6, 6.07) is 0. The molecule has 0 heterocycles. The zero-order valence-corrected chi connectivity index (χ0v) is 16.4. The van der Waals surface area contributed by atoms with Gasteiger partial charge in [0, 0.05) is 6.42 Å². The number of hydrogen-bond acceptors (Lipinski definition) is 1. The Labute approximate surface area is 150 Å². The van der Waals surface area contributed by atoms with Gasteiger partial charge in [0.25, 0.3) is 0 Å². The van der Waals surface area contributed by atoms with Crippen molar-refractivity contribution in [3.05, 3.63) is 12.2 Å². The Morgan fingerprint density at radius 1 is 1.12 bits per heavy atom. The number of rotatable bonds is 13. The standard InChI is InChI=1S/C22H40O2/c1-4-17-22(2,3)18-10-9-13-20-15-11-14-19(20)12-7-5-6-8-16-21(23)24/h9,13,19-20H,4-8,10-12,14-18H2,1-3H3,(H,23,24)/t19-,20-/m0/s1. The van der Waals surface area contributed by atoms with E-state index in [1.165, 1.54) is 64.2 Å². The van der Waals surface area contributed by atoms with Gasteiger partial charge in [-0.25, -0.2) is 0 Å². The second-order valence-corrected chi connectivity index (χ2v) is 8.58. The topological polar surface area (TPSA) is 37.3 Å². The molecule has 1 saturated carbocycles. The van der Waals surface area contributed by atoms with Gasteiger partial charge in [-0.1, -0.05) is 65.0 Å². The maximum Gasteiger partial charge on any atom is 0.303 e. The molecule has 2 nitrogen and oxygen atoms in total. The van der Waals surface area contributed by atoms with Crippen LogP contribution in [0.2, 0.25) is 0 Å². The molecule has 1 N–H and O–H groups in total. The van der Waals surface area contributed by atoms with E-state index in [0.29, 0.717) is 11.8 Å². The van der Waals surface area contributed by atoms with Gasteiger partial charge in [0.2, 0.25) is 0 Å². The fourth-order valence-electron chi connectivity index (χ4n) is 4.26. The molecule has 0 aromatic heterocycles. The summed E-state index contributed by atoms with van der Waals surface area (Å²) >= 11 is 0. The molecule has 0 aliphatic heterocycles. The lowest BCUT2D eigenvalue weighted by molar-refractivity contribution is -0.137. The lowest BCUT2D eigenvalue weighted by atomic mass is 9.83. The smallest absolute Gasteiger partial charge is 0.303 e. The minimum Gasteiger partial charge on any atom is -0.481 e. The van der Waals surface area contributed by atoms with Gasteiger partial charge in [-0.05, 0) is 62.2 Å². The van der Waals surface area contributed by atoms with Gasteiger partial charge in [-0.3, -0.25) is 4.79 Å². The molecular formula is C22H40O2. The summed E-state index contributed by atoms with van der Waals surface area (Å²) in [5, 5.41) is 8.65. The van der Waals surface area contributed by atoms with E-state index in [1.54, 1.807) is 0 Å². The maximum absolute atomic E-state index is 10.5. The molecule has 1 rings (SSSR count). The zero-order valence-electron chi connectivity index (χ0n) is 16.4. The minimum atomic E-state index is -0.655. The maximum atomic E-state index is 10.5. The molecule has 0 saturated heterocycles. The highest BCUT2D eigenvalue weighted by Gasteiger charge is 2.24. The van der Waals surface area contributed by atoms with Crippen LogP contribution in [0.5, 0.6) is 0 Å². The van der Waals surface area contributed by atoms with Crippen LogP contribution in [-0.2, 0) is 4.79 Å². The van der Waals surface area contributed by atoms with Gasteiger partial charge in [-0.2, -0.15) is 0 Å². The van der Waals surface area contributed by atoms with E-state index < -0.39 is 5.97 Å². The third-order valence-corrected chi connectivity index (χ3v) is 5.73. The molecule has 0 amide bonds. The Morgan fingerprint density at radius 2 is 1.88 bits per heavy atom. The molecular weight excluding hydrogens is 296 g/mol. The fraction of sp³-hybridized carbons (Fsp3) is 0.864. The molecule has 2 atom stereocenters. The number of aliphatic carboxylic acids is 1. The van der Waals surface area contributed by atoms with E-state index in [9.17, 15) is 4.79 Å². The van der Waals surface area contributed by atoms with Gasteiger partial charge in [0.05, 0.1) is 0 Å². The third kappa shape index (κ3) is 9.49. The number of allylic oxidation sites excluding steroid dienone is 2. The fourth-order valence-corrected chi connectivity index (χ4v) is 4.26. The summed E-state index contributed by atoms with van der Waals surface area (Å²) in [6.45, 7) is 7.07. The Bertz CT molecular complexity index is 370. The van der Waals surface area contributed by atoms with Crippen LogP contribution in [0.4, 0.5) is 0 Å². The van der Waals surface area contributed by atoms with Crippen LogP contribution in [0.3, 0.4) is 0 Å². The first-order chi connectivity index (χ1) is 11.4. The second kappa shape index (κ2) is 11.7. The van der Waals surface area contributed by atoms with Crippen molar-refractivity contribution < 1.29 is 9.90 Å². The molecule has 1 aliphatic carbocycles. The average Bonchev–Trinajstić information content (AvgIpc) is 2.94. The summed E-state index contributed by atoms with van der Waals surface area (Å²) < 4.78 is 0. The van der Waals surface area contributed by atoms with E-state index in [0.717, 1.165) is 24.7 Å². The summed E-state index contributed by atoms with van der Waals surface area (Å²) in [4.78, 5) is 10.5. The van der Waals surface area contributed by atoms with Gasteiger partial charge in [0.1, 0.15) is 0 Å². The normalized spacial score (nSPS) is 21.6. The van der Waals surface area contributed by atoms with Crippen molar-refractivity contribution in [1.82, 2.24) is 0 Å². The van der Waals surface area contributed by atoms with Crippen molar-refractivity contribution in [1.29, 1.82) is 0 Å². The molecule has 24 heavy (non-hydrogen) atoms. The van der Waals surface area contributed by atoms with Crippen LogP contribution in [0.15, 0.2) is 12.2 Å². The molecule has 1 aliphatic rings. The van der Waals surface area contributed by atoms with Crippen LogP contribution in [-0.4, -0.2) is 11.1 Å². The van der Waals surface area contributed by atoms with Crippen LogP contribution < -0.4 is 0 Å². The number of hydrogen-bond donors (Lipinski definition) is 1. The predicted octanol–water partition coefficient (Wildman–Crippen LogP) is 6.99. The van der Waals surface area contributed by atoms with E-state index >= 15 is 0 Å². The Kier molecular flexibility index (Phi) is 10.4. The van der Waals surface area contributed by atoms with E-state index in [1.807, 2.05) is 0 Å². The molecule has 0 radical (unpaired) electrons. The van der Waals surface area contributed by atoms with Gasteiger partial charge < -0.3 is 5.11 Å². The molecule has 0 aromatic carbocycles. The lowest BCUT2D eigenvalue weighted by Gasteiger charge is -2.23. The Morgan fingerprint density at radius 3 is 2.58 bits per heavy atom. The Hall–Kier alpha value is -0.790. The van der Waals surface area contributed by atoms with E-state index in [-0.39, 0.29) is 0 Å². The van der Waals surface area contributed by atoms with Crippen LogP contribution in [0, 0.1) is 17.3 Å². The second-order valence-electron chi connectivity index (χ2n) is 8.58. The highest BCUT2D eigenvalue weighted by Crippen LogP contribution is 2.37. The minimum absolute atomic E-state index is 0.336. The number of unbranched alkanes of at least 4 members (excludes halogenated alkanes) is 3. The van der Waals surface area contributed by atoms with E-state index in [2.05, 4.69) is 32.9 Å². The molecule has 0 aromatic rings. The van der Waals surface area contributed by atoms with Crippen LogP contribution >= 0.6 is 0 Å². The highest BCUT2D eigenvalue weighted by molar-refractivity contribution is 5.66. The van der Waals surface area contributed by atoms with Gasteiger partial charge in [0.15, 0.2) is 0 Å². The first kappa shape index (κ1) is 21.3. The summed E-state index contributed by atoms with van der Waals surface area (Å²) in [5.74, 6) is 1.03. The van der Waals surface area contributed by atoms with Crippen molar-refractivity contribution in [2.45, 2.75) is 104 Å². The largest absolute Gasteiger partial charge is 0.481 e. The number of carbonyl (C=O) groups is 1. The summed E-state index contributed by atoms with van der Waals surface area (Å²) in [5.41, 5.74) is 0.490. The van der Waals surface area contributed by atoms with Gasteiger partial charge in [-0.15, -0.1) is 0 Å². The highest BCUT2D eigenvalue weighted by atomic mass is 16.4. The summed E-state index contributed by atoms with van der Waals surface area (Å²) in [6.07, 6.45) is 20.3. The summed E-state index contributed by atoms with van der Waals surface area (Å²) in [7, 11) is 0. The van der Waals surface area contributed by atoms with Crippen molar-refractivity contribution in [3.8, 4) is 0 Å². The molecule has 0 bridgehead atoms. The van der Waals surface area contributed by atoms with Crippen molar-refractivity contribution in [2.24, 2.45) is 17.3 Å². The lowest BCUT2D eigenvalue weighted by Crippen LogP contribution is -2.10. The van der Waals surface area contributed by atoms with Crippen LogP contribution in [0.1, 0.15) is 104 Å². The first-order valence-electron chi connectivity index (χ1n) is 10.3. The predicted molar refractivity (Wildman–Crippen MR) is 103 cm³/mol. The average molecular weight is 337 g/mol. The first-order valence-corrected chi connectivity index (χ1v) is 10.3. The Balaban J connectivity index is 2.18.